The van der Waals surface area contributed by atoms with Gasteiger partial charge in [-0.05, 0) is 31.6 Å². The second-order valence-corrected chi connectivity index (χ2v) is 8.37. The lowest BCUT2D eigenvalue weighted by atomic mass is 10.0. The maximum Gasteiger partial charge on any atom is 0.326 e. The van der Waals surface area contributed by atoms with E-state index in [9.17, 15) is 29.1 Å². The number of hydrogen-bond acceptors (Lipinski definition) is 7. The van der Waals surface area contributed by atoms with Crippen LogP contribution in [0.15, 0.2) is 0 Å². The highest BCUT2D eigenvalue weighted by Gasteiger charge is 2.37. The number of carbonyl (C=O) groups excluding carboxylic acids is 3. The van der Waals surface area contributed by atoms with Crippen LogP contribution in [0, 0.1) is 5.92 Å². The number of nitrogens with zero attached hydrogens (tertiary/aromatic N) is 1. The van der Waals surface area contributed by atoms with Crippen LogP contribution in [0.4, 0.5) is 0 Å². The van der Waals surface area contributed by atoms with Gasteiger partial charge in [-0.2, -0.15) is 12.6 Å². The van der Waals surface area contributed by atoms with Crippen molar-refractivity contribution in [3.05, 3.63) is 0 Å². The van der Waals surface area contributed by atoms with Crippen LogP contribution in [0.5, 0.6) is 0 Å². The average Bonchev–Trinajstić information content (AvgIpc) is 3.17. The highest BCUT2D eigenvalue weighted by atomic mass is 32.1. The van der Waals surface area contributed by atoms with Crippen molar-refractivity contribution in [3.63, 3.8) is 0 Å². The Morgan fingerprint density at radius 3 is 2.29 bits per heavy atom. The zero-order valence-corrected chi connectivity index (χ0v) is 18.6. The summed E-state index contributed by atoms with van der Waals surface area (Å²) in [5, 5.41) is 22.6. The van der Waals surface area contributed by atoms with Gasteiger partial charge in [-0.25, -0.2) is 4.79 Å². The molecule has 1 heterocycles. The highest BCUT2D eigenvalue weighted by Crippen LogP contribution is 2.20. The van der Waals surface area contributed by atoms with E-state index in [1.807, 2.05) is 13.8 Å². The third kappa shape index (κ3) is 8.37. The monoisotopic (exact) mass is 460 g/mol. The molecule has 11 nitrogen and oxygen atoms in total. The summed E-state index contributed by atoms with van der Waals surface area (Å²) in [5.74, 6) is -4.14. The molecule has 4 atom stereocenters. The molecule has 4 unspecified atom stereocenters. The molecule has 0 saturated carbocycles. The topological polar surface area (TPSA) is 179 Å². The molecule has 1 aliphatic heterocycles. The van der Waals surface area contributed by atoms with Crippen molar-refractivity contribution in [1.29, 1.82) is 0 Å². The zero-order chi connectivity index (χ0) is 23.7. The first-order valence-electron chi connectivity index (χ1n) is 10.2. The Kier molecular flexibility index (Phi) is 10.8. The minimum Gasteiger partial charge on any atom is -0.481 e. The van der Waals surface area contributed by atoms with Crippen LogP contribution < -0.4 is 16.4 Å². The Bertz CT molecular complexity index is 688. The Hall–Kier alpha value is -2.34. The number of nitrogens with two attached hydrogens (primary N) is 1. The number of likely N-dealkylation sites (tertiary alicyclic amines) is 1. The van der Waals surface area contributed by atoms with Crippen molar-refractivity contribution < 1.29 is 34.2 Å². The van der Waals surface area contributed by atoms with Gasteiger partial charge in [-0.1, -0.05) is 13.8 Å². The summed E-state index contributed by atoms with van der Waals surface area (Å²) < 4.78 is 0. The van der Waals surface area contributed by atoms with Gasteiger partial charge in [-0.3, -0.25) is 19.2 Å². The number of aliphatic carboxylic acids is 2. The molecule has 12 heteroatoms. The van der Waals surface area contributed by atoms with Crippen molar-refractivity contribution in [2.75, 3.05) is 12.3 Å². The number of nitrogens with one attached hydrogen (secondary N) is 2. The van der Waals surface area contributed by atoms with Gasteiger partial charge >= 0.3 is 11.9 Å². The van der Waals surface area contributed by atoms with Crippen LogP contribution >= 0.6 is 12.6 Å². The number of thiol groups is 1. The lowest BCUT2D eigenvalue weighted by Gasteiger charge is -2.28. The standard InChI is InChI=1S/C19H32N4O7S/c1-10(2)8-11(20)18(28)23-7-3-4-14(23)17(27)22-13(9-31)16(26)21-12(19(29)30)5-6-15(24)25/h10-14,31H,3-9,20H2,1-2H3,(H,21,26)(H,22,27)(H,24,25)(H,29,30). The van der Waals surface area contributed by atoms with Gasteiger partial charge in [0.15, 0.2) is 0 Å². The van der Waals surface area contributed by atoms with Gasteiger partial charge in [0, 0.05) is 18.7 Å². The Labute approximate surface area is 186 Å². The maximum absolute atomic E-state index is 12.8. The van der Waals surface area contributed by atoms with Gasteiger partial charge in [-0.15, -0.1) is 0 Å². The third-order valence-corrected chi connectivity index (χ3v) is 5.32. The van der Waals surface area contributed by atoms with Crippen LogP contribution in [0.3, 0.4) is 0 Å². The quantitative estimate of drug-likeness (QED) is 0.205. The Morgan fingerprint density at radius 1 is 1.13 bits per heavy atom. The lowest BCUT2D eigenvalue weighted by Crippen LogP contribution is -2.57. The number of hydrogen-bond donors (Lipinski definition) is 6. The van der Waals surface area contributed by atoms with Crippen molar-refractivity contribution in [2.24, 2.45) is 11.7 Å². The summed E-state index contributed by atoms with van der Waals surface area (Å²) in [4.78, 5) is 61.2. The summed E-state index contributed by atoms with van der Waals surface area (Å²) >= 11 is 4.05. The summed E-state index contributed by atoms with van der Waals surface area (Å²) in [6.45, 7) is 4.27. The van der Waals surface area contributed by atoms with Gasteiger partial charge in [0.2, 0.25) is 17.7 Å². The van der Waals surface area contributed by atoms with E-state index < -0.39 is 54.3 Å². The summed E-state index contributed by atoms with van der Waals surface area (Å²) in [6.07, 6.45) is 0.779. The largest absolute Gasteiger partial charge is 0.481 e. The van der Waals surface area contributed by atoms with Gasteiger partial charge in [0.1, 0.15) is 18.1 Å². The Morgan fingerprint density at radius 2 is 1.77 bits per heavy atom. The molecule has 0 aliphatic carbocycles. The fourth-order valence-electron chi connectivity index (χ4n) is 3.38. The average molecular weight is 461 g/mol. The second kappa shape index (κ2) is 12.5. The highest BCUT2D eigenvalue weighted by molar-refractivity contribution is 7.80. The maximum atomic E-state index is 12.8. The van der Waals surface area contributed by atoms with Crippen molar-refractivity contribution in [2.45, 2.75) is 70.1 Å². The molecule has 0 aromatic rings. The molecule has 1 fully saturated rings. The molecule has 0 bridgehead atoms. The lowest BCUT2D eigenvalue weighted by molar-refractivity contribution is -0.144. The fourth-order valence-corrected chi connectivity index (χ4v) is 3.64. The van der Waals surface area contributed by atoms with Gasteiger partial charge in [0.25, 0.3) is 0 Å². The molecular weight excluding hydrogens is 428 g/mol. The molecule has 31 heavy (non-hydrogen) atoms. The van der Waals surface area contributed by atoms with Crippen molar-refractivity contribution in [3.8, 4) is 0 Å². The molecule has 0 radical (unpaired) electrons. The molecule has 176 valence electrons. The van der Waals surface area contributed by atoms with Crippen LogP contribution in [0.25, 0.3) is 0 Å². The van der Waals surface area contributed by atoms with Crippen LogP contribution in [0.2, 0.25) is 0 Å². The van der Waals surface area contributed by atoms with Crippen molar-refractivity contribution in [1.82, 2.24) is 15.5 Å². The number of amides is 3. The number of carboxylic acids is 2. The second-order valence-electron chi connectivity index (χ2n) is 8.00. The molecule has 1 saturated heterocycles. The van der Waals surface area contributed by atoms with Crippen LogP contribution in [-0.4, -0.2) is 81.2 Å². The minimum atomic E-state index is -1.42. The Balaban J connectivity index is 2.77. The molecule has 1 aliphatic rings. The first kappa shape index (κ1) is 26.7. The van der Waals surface area contributed by atoms with Crippen LogP contribution in [-0.2, 0) is 24.0 Å². The van der Waals surface area contributed by atoms with E-state index in [-0.39, 0.29) is 24.0 Å². The minimum absolute atomic E-state index is 0.115. The zero-order valence-electron chi connectivity index (χ0n) is 17.7. The van der Waals surface area contributed by atoms with Gasteiger partial charge < -0.3 is 31.5 Å². The molecule has 0 aromatic heterocycles. The van der Waals surface area contributed by atoms with Gasteiger partial charge in [0.05, 0.1) is 6.04 Å². The van der Waals surface area contributed by atoms with Crippen molar-refractivity contribution >= 4 is 42.3 Å². The smallest absolute Gasteiger partial charge is 0.326 e. The SMILES string of the molecule is CC(C)CC(N)C(=O)N1CCCC1C(=O)NC(CS)C(=O)NC(CCC(=O)O)C(=O)O. The number of rotatable bonds is 12. The molecule has 3 amide bonds. The van der Waals surface area contributed by atoms with E-state index in [1.54, 1.807) is 0 Å². The fraction of sp³-hybridized carbons (Fsp3) is 0.737. The first-order valence-corrected chi connectivity index (χ1v) is 10.8. The summed E-state index contributed by atoms with van der Waals surface area (Å²) in [6, 6.07) is -4.06. The number of carbonyl (C=O) groups is 5. The molecule has 1 rings (SSSR count). The summed E-state index contributed by atoms with van der Waals surface area (Å²) in [5.41, 5.74) is 5.97. The van der Waals surface area contributed by atoms with E-state index >= 15 is 0 Å². The first-order chi connectivity index (χ1) is 14.5. The predicted molar refractivity (Wildman–Crippen MR) is 114 cm³/mol. The van der Waals surface area contributed by atoms with E-state index in [0.717, 1.165) is 0 Å². The van der Waals surface area contributed by atoms with E-state index in [1.165, 1.54) is 4.90 Å². The molecular formula is C19H32N4O7S. The third-order valence-electron chi connectivity index (χ3n) is 4.96. The number of carboxylic acid groups (broad SMARTS) is 2. The summed E-state index contributed by atoms with van der Waals surface area (Å²) in [7, 11) is 0. The molecule has 0 aromatic carbocycles. The van der Waals surface area contributed by atoms with E-state index in [2.05, 4.69) is 23.3 Å². The predicted octanol–water partition coefficient (Wildman–Crippen LogP) is -0.800. The normalized spacial score (nSPS) is 18.9. The van der Waals surface area contributed by atoms with Crippen LogP contribution in [0.1, 0.15) is 46.0 Å². The van der Waals surface area contributed by atoms with E-state index in [0.29, 0.717) is 25.8 Å². The molecule has 0 spiro atoms. The molecule has 6 N–H and O–H groups in total. The van der Waals surface area contributed by atoms with E-state index in [4.69, 9.17) is 10.8 Å².